The molecule has 0 unspecified atom stereocenters. The van der Waals surface area contributed by atoms with E-state index < -0.39 is 65.1 Å². The number of aromatic nitrogens is 5. The largest absolute Gasteiger partial charge is 0.423 e. The lowest BCUT2D eigenvalue weighted by Crippen LogP contribution is -2.30. The molecule has 16 heteroatoms. The Morgan fingerprint density at radius 1 is 1.10 bits per heavy atom. The van der Waals surface area contributed by atoms with E-state index in [0.717, 1.165) is 36.1 Å². The van der Waals surface area contributed by atoms with E-state index in [1.807, 2.05) is 0 Å². The van der Waals surface area contributed by atoms with Crippen molar-refractivity contribution in [3.8, 4) is 11.4 Å². The van der Waals surface area contributed by atoms with Crippen LogP contribution in [0, 0.1) is 5.82 Å². The van der Waals surface area contributed by atoms with Crippen LogP contribution in [0.25, 0.3) is 22.2 Å². The van der Waals surface area contributed by atoms with Crippen LogP contribution in [-0.2, 0) is 18.3 Å². The monoisotopic (exact) mass is 600 g/mol. The van der Waals surface area contributed by atoms with Gasteiger partial charge >= 0.3 is 6.18 Å². The van der Waals surface area contributed by atoms with Crippen molar-refractivity contribution in [2.75, 3.05) is 5.32 Å². The standard InChI is InChI=1S/C26H23F7N6O3/c1-12(37-19-10-36-38-22(40)20(19)26(31,32)33)5-15(27)11-39-4-3-13-6-17(18(28)7-16(13)23(39)41)21-34-8-14(9-35-21)25(2,42)24(29)30/h3-4,6-10,12,15,24,42H,5,11H2,1-2H3,(H2,37,38,40)/t12-,15+,25+/m0/s1. The van der Waals surface area contributed by atoms with Crippen LogP contribution in [0.3, 0.4) is 0 Å². The number of H-pyrrole nitrogens is 1. The molecule has 0 aliphatic carbocycles. The number of pyridine rings is 1. The number of nitrogens with zero attached hydrogens (tertiary/aromatic N) is 4. The van der Waals surface area contributed by atoms with Gasteiger partial charge in [0.25, 0.3) is 17.5 Å². The molecular formula is C26H23F7N6O3. The van der Waals surface area contributed by atoms with Crippen molar-refractivity contribution in [3.63, 3.8) is 0 Å². The highest BCUT2D eigenvalue weighted by atomic mass is 19.4. The first-order valence-electron chi connectivity index (χ1n) is 12.3. The van der Waals surface area contributed by atoms with Gasteiger partial charge in [0.15, 0.2) is 11.4 Å². The van der Waals surface area contributed by atoms with Crippen LogP contribution >= 0.6 is 0 Å². The fraction of sp³-hybridized carbons (Fsp3) is 0.346. The second-order valence-electron chi connectivity index (χ2n) is 9.80. The molecule has 0 radical (unpaired) electrons. The summed E-state index contributed by atoms with van der Waals surface area (Å²) in [6.07, 6.45) is -6.30. The molecule has 0 spiro atoms. The fourth-order valence-corrected chi connectivity index (χ4v) is 4.26. The van der Waals surface area contributed by atoms with Crippen molar-refractivity contribution in [2.45, 2.75) is 57.2 Å². The van der Waals surface area contributed by atoms with Crippen LogP contribution < -0.4 is 16.4 Å². The molecule has 3 aromatic heterocycles. The lowest BCUT2D eigenvalue weighted by atomic mass is 10.00. The first-order valence-corrected chi connectivity index (χ1v) is 12.3. The summed E-state index contributed by atoms with van der Waals surface area (Å²) in [5.74, 6) is -1.12. The molecule has 0 aliphatic rings. The topological polar surface area (TPSA) is 126 Å². The lowest BCUT2D eigenvalue weighted by molar-refractivity contribution is -0.138. The summed E-state index contributed by atoms with van der Waals surface area (Å²) in [6, 6.07) is 2.65. The average Bonchev–Trinajstić information content (AvgIpc) is 2.89. The van der Waals surface area contributed by atoms with Gasteiger partial charge in [0.05, 0.1) is 29.4 Å². The molecule has 3 N–H and O–H groups in total. The number of alkyl halides is 6. The zero-order chi connectivity index (χ0) is 31.0. The summed E-state index contributed by atoms with van der Waals surface area (Å²) >= 11 is 0. The Kier molecular flexibility index (Phi) is 8.39. The molecule has 0 aliphatic heterocycles. The third kappa shape index (κ3) is 6.27. The van der Waals surface area contributed by atoms with E-state index in [4.69, 9.17) is 0 Å². The van der Waals surface area contributed by atoms with E-state index in [0.29, 0.717) is 0 Å². The molecule has 1 aromatic carbocycles. The third-order valence-corrected chi connectivity index (χ3v) is 6.51. The molecule has 0 fully saturated rings. The van der Waals surface area contributed by atoms with Gasteiger partial charge in [-0.3, -0.25) is 9.59 Å². The molecule has 224 valence electrons. The Bertz CT molecular complexity index is 1700. The maximum Gasteiger partial charge on any atom is 0.423 e. The predicted molar refractivity (Wildman–Crippen MR) is 137 cm³/mol. The summed E-state index contributed by atoms with van der Waals surface area (Å²) < 4.78 is 96.7. The van der Waals surface area contributed by atoms with Crippen molar-refractivity contribution in [3.05, 3.63) is 80.6 Å². The van der Waals surface area contributed by atoms with Gasteiger partial charge < -0.3 is 15.0 Å². The van der Waals surface area contributed by atoms with Gasteiger partial charge in [-0.05, 0) is 37.4 Å². The van der Waals surface area contributed by atoms with Crippen LogP contribution in [0.4, 0.5) is 36.4 Å². The van der Waals surface area contributed by atoms with E-state index in [1.54, 1.807) is 5.10 Å². The number of aliphatic hydroxyl groups is 1. The van der Waals surface area contributed by atoms with Gasteiger partial charge in [0, 0.05) is 36.6 Å². The van der Waals surface area contributed by atoms with Crippen molar-refractivity contribution < 1.29 is 35.8 Å². The molecule has 3 atom stereocenters. The normalized spacial score (nSPS) is 15.0. The summed E-state index contributed by atoms with van der Waals surface area (Å²) in [7, 11) is 0. The Hall–Kier alpha value is -4.34. The SMILES string of the molecule is C[C@@H](C[C@@H](F)Cn1ccc2cc(-c3ncc([C@@](C)(O)C(F)F)cn3)c(F)cc2c1=O)Nc1cn[nH]c(=O)c1C(F)(F)F. The third-order valence-electron chi connectivity index (χ3n) is 6.51. The maximum atomic E-state index is 15.0. The van der Waals surface area contributed by atoms with E-state index in [9.17, 15) is 45.4 Å². The van der Waals surface area contributed by atoms with Crippen molar-refractivity contribution >= 4 is 16.5 Å². The van der Waals surface area contributed by atoms with Crippen molar-refractivity contribution in [2.24, 2.45) is 0 Å². The van der Waals surface area contributed by atoms with Crippen molar-refractivity contribution in [1.82, 2.24) is 24.7 Å². The minimum Gasteiger partial charge on any atom is -0.381 e. The van der Waals surface area contributed by atoms with Crippen LogP contribution in [0.2, 0.25) is 0 Å². The second kappa shape index (κ2) is 11.5. The number of hydrogen-bond acceptors (Lipinski definition) is 7. The molecule has 0 bridgehead atoms. The summed E-state index contributed by atoms with van der Waals surface area (Å²) in [5, 5.41) is 17.5. The average molecular weight is 600 g/mol. The van der Waals surface area contributed by atoms with E-state index in [-0.39, 0.29) is 34.1 Å². The number of halogens is 7. The number of anilines is 1. The maximum absolute atomic E-state index is 15.0. The Balaban J connectivity index is 1.52. The molecule has 42 heavy (non-hydrogen) atoms. The smallest absolute Gasteiger partial charge is 0.381 e. The number of benzene rings is 1. The Morgan fingerprint density at radius 3 is 2.38 bits per heavy atom. The van der Waals surface area contributed by atoms with E-state index in [1.165, 1.54) is 25.3 Å². The van der Waals surface area contributed by atoms with Crippen LogP contribution in [0.1, 0.15) is 31.4 Å². The molecule has 4 aromatic rings. The zero-order valence-corrected chi connectivity index (χ0v) is 21.9. The van der Waals surface area contributed by atoms with E-state index in [2.05, 4.69) is 20.4 Å². The van der Waals surface area contributed by atoms with Gasteiger partial charge in [-0.15, -0.1) is 0 Å². The molecule has 0 amide bonds. The summed E-state index contributed by atoms with van der Waals surface area (Å²) in [4.78, 5) is 32.3. The number of hydrogen-bond donors (Lipinski definition) is 3. The van der Waals surface area contributed by atoms with Crippen LogP contribution in [0.15, 0.2) is 52.6 Å². The molecular weight excluding hydrogens is 577 g/mol. The number of aromatic amines is 1. The van der Waals surface area contributed by atoms with Gasteiger partial charge in [0.2, 0.25) is 0 Å². The number of fused-ring (bicyclic) bond motifs is 1. The second-order valence-corrected chi connectivity index (χ2v) is 9.80. The van der Waals surface area contributed by atoms with Crippen LogP contribution in [0.5, 0.6) is 0 Å². The number of nitrogens with one attached hydrogen (secondary N) is 2. The minimum atomic E-state index is -4.98. The first kappa shape index (κ1) is 30.6. The molecule has 9 nitrogen and oxygen atoms in total. The highest BCUT2D eigenvalue weighted by molar-refractivity contribution is 5.86. The predicted octanol–water partition coefficient (Wildman–Crippen LogP) is 4.40. The molecule has 0 saturated heterocycles. The zero-order valence-electron chi connectivity index (χ0n) is 21.9. The fourth-order valence-electron chi connectivity index (χ4n) is 4.26. The van der Waals surface area contributed by atoms with Crippen molar-refractivity contribution in [1.29, 1.82) is 0 Å². The lowest BCUT2D eigenvalue weighted by Gasteiger charge is -2.21. The molecule has 3 heterocycles. The first-order chi connectivity index (χ1) is 19.6. The van der Waals surface area contributed by atoms with Gasteiger partial charge in [0.1, 0.15) is 17.6 Å². The number of rotatable bonds is 9. The quantitative estimate of drug-likeness (QED) is 0.243. The van der Waals surface area contributed by atoms with Crippen LogP contribution in [-0.4, -0.2) is 48.5 Å². The van der Waals surface area contributed by atoms with Gasteiger partial charge in [-0.1, -0.05) is 0 Å². The summed E-state index contributed by atoms with van der Waals surface area (Å²) in [5.41, 5.74) is -7.30. The van der Waals surface area contributed by atoms with Gasteiger partial charge in [-0.25, -0.2) is 32.6 Å². The molecule has 4 rings (SSSR count). The highest BCUT2D eigenvalue weighted by Gasteiger charge is 2.38. The van der Waals surface area contributed by atoms with Gasteiger partial charge in [-0.2, -0.15) is 18.3 Å². The highest BCUT2D eigenvalue weighted by Crippen LogP contribution is 2.32. The molecule has 0 saturated carbocycles. The van der Waals surface area contributed by atoms with E-state index >= 15 is 0 Å². The minimum absolute atomic E-state index is 0.112. The summed E-state index contributed by atoms with van der Waals surface area (Å²) in [6.45, 7) is 1.76. The Morgan fingerprint density at radius 2 is 1.76 bits per heavy atom. The Labute approximate surface area is 232 Å².